The molecule has 3 N–H and O–H groups in total. The average Bonchev–Trinajstić information content (AvgIpc) is 2.34. The normalized spacial score (nSPS) is 12.4. The topological polar surface area (TPSA) is 68.9 Å². The lowest BCUT2D eigenvalue weighted by atomic mass is 10.1. The van der Waals surface area contributed by atoms with Gasteiger partial charge in [-0.2, -0.15) is 8.78 Å². The van der Waals surface area contributed by atoms with E-state index >= 15 is 0 Å². The number of guanidine groups is 1. The molecule has 1 rings (SSSR count). The largest absolute Gasteiger partial charge is 0.493 e. The SMILES string of the molecule is COc1ccc(CN=C(N)NC(C)(C)C)cc1OC(F)F. The first-order valence-electron chi connectivity index (χ1n) is 6.41. The van der Waals surface area contributed by atoms with Crippen molar-refractivity contribution in [2.45, 2.75) is 39.5 Å². The maximum Gasteiger partial charge on any atom is 0.387 e. The van der Waals surface area contributed by atoms with E-state index in [1.165, 1.54) is 13.2 Å². The third-order valence-electron chi connectivity index (χ3n) is 2.38. The van der Waals surface area contributed by atoms with Crippen molar-refractivity contribution < 1.29 is 18.3 Å². The zero-order chi connectivity index (χ0) is 16.0. The maximum absolute atomic E-state index is 12.3. The van der Waals surface area contributed by atoms with Gasteiger partial charge in [0.15, 0.2) is 17.5 Å². The van der Waals surface area contributed by atoms with Gasteiger partial charge in [0.1, 0.15) is 0 Å². The molecule has 5 nitrogen and oxygen atoms in total. The van der Waals surface area contributed by atoms with Crippen LogP contribution in [0.25, 0.3) is 0 Å². The summed E-state index contributed by atoms with van der Waals surface area (Å²) >= 11 is 0. The van der Waals surface area contributed by atoms with E-state index in [2.05, 4.69) is 15.0 Å². The molecule has 118 valence electrons. The number of ether oxygens (including phenoxy) is 2. The Morgan fingerprint density at radius 3 is 2.52 bits per heavy atom. The molecular weight excluding hydrogens is 280 g/mol. The van der Waals surface area contributed by atoms with Crippen LogP contribution in [-0.4, -0.2) is 25.2 Å². The second kappa shape index (κ2) is 7.10. The predicted molar refractivity (Wildman–Crippen MR) is 77.8 cm³/mol. The average molecular weight is 301 g/mol. The highest BCUT2D eigenvalue weighted by Crippen LogP contribution is 2.29. The first-order valence-corrected chi connectivity index (χ1v) is 6.41. The summed E-state index contributed by atoms with van der Waals surface area (Å²) in [4.78, 5) is 4.15. The predicted octanol–water partition coefficient (Wildman–Crippen LogP) is 2.50. The fraction of sp³-hybridized carbons (Fsp3) is 0.500. The molecule has 0 aliphatic carbocycles. The minimum absolute atomic E-state index is 0.0254. The zero-order valence-electron chi connectivity index (χ0n) is 12.6. The molecule has 0 aromatic heterocycles. The minimum atomic E-state index is -2.91. The smallest absolute Gasteiger partial charge is 0.387 e. The molecule has 0 radical (unpaired) electrons. The van der Waals surface area contributed by atoms with E-state index in [1.54, 1.807) is 12.1 Å². The Hall–Kier alpha value is -2.05. The van der Waals surface area contributed by atoms with Gasteiger partial charge in [-0.05, 0) is 38.5 Å². The number of methoxy groups -OCH3 is 1. The summed E-state index contributed by atoms with van der Waals surface area (Å²) in [6, 6.07) is 4.72. The summed E-state index contributed by atoms with van der Waals surface area (Å²) in [5, 5.41) is 3.01. The molecule has 0 atom stereocenters. The summed E-state index contributed by atoms with van der Waals surface area (Å²) in [5.41, 5.74) is 6.23. The van der Waals surface area contributed by atoms with Gasteiger partial charge in [-0.3, -0.25) is 0 Å². The highest BCUT2D eigenvalue weighted by atomic mass is 19.3. The summed E-state index contributed by atoms with van der Waals surface area (Å²) < 4.78 is 34.0. The number of nitrogens with two attached hydrogens (primary N) is 1. The standard InChI is InChI=1S/C14H21F2N3O2/c1-14(2,3)19-13(17)18-8-9-5-6-10(20-4)11(7-9)21-12(15)16/h5-7,12H,8H2,1-4H3,(H3,17,18,19). The Kier molecular flexibility index (Phi) is 5.75. The van der Waals surface area contributed by atoms with Crippen molar-refractivity contribution in [2.75, 3.05) is 7.11 Å². The highest BCUT2D eigenvalue weighted by Gasteiger charge is 2.12. The van der Waals surface area contributed by atoms with Crippen LogP contribution in [0.2, 0.25) is 0 Å². The summed E-state index contributed by atoms with van der Waals surface area (Å²) in [6.45, 7) is 3.20. The molecule has 1 aromatic carbocycles. The Morgan fingerprint density at radius 1 is 1.33 bits per heavy atom. The summed E-state index contributed by atoms with van der Waals surface area (Å²) in [6.07, 6.45) is 0. The number of nitrogens with one attached hydrogen (secondary N) is 1. The van der Waals surface area contributed by atoms with Crippen molar-refractivity contribution >= 4 is 5.96 Å². The number of halogens is 2. The first kappa shape index (κ1) is 17.0. The van der Waals surface area contributed by atoms with E-state index in [0.717, 1.165) is 0 Å². The van der Waals surface area contributed by atoms with Crippen LogP contribution in [-0.2, 0) is 6.54 Å². The van der Waals surface area contributed by atoms with Gasteiger partial charge in [-0.15, -0.1) is 0 Å². The van der Waals surface area contributed by atoms with Crippen LogP contribution in [0.15, 0.2) is 23.2 Å². The molecule has 0 amide bonds. The van der Waals surface area contributed by atoms with Gasteiger partial charge < -0.3 is 20.5 Å². The maximum atomic E-state index is 12.3. The van der Waals surface area contributed by atoms with E-state index in [4.69, 9.17) is 10.5 Å². The van der Waals surface area contributed by atoms with E-state index < -0.39 is 6.61 Å². The molecule has 0 unspecified atom stereocenters. The minimum Gasteiger partial charge on any atom is -0.493 e. The molecule has 0 saturated carbocycles. The number of nitrogens with zero attached hydrogens (tertiary/aromatic N) is 1. The monoisotopic (exact) mass is 301 g/mol. The van der Waals surface area contributed by atoms with Crippen molar-refractivity contribution in [2.24, 2.45) is 10.7 Å². The van der Waals surface area contributed by atoms with Gasteiger partial charge in [0.05, 0.1) is 13.7 Å². The fourth-order valence-electron chi connectivity index (χ4n) is 1.61. The molecular formula is C14H21F2N3O2. The quantitative estimate of drug-likeness (QED) is 0.647. The Morgan fingerprint density at radius 2 is 2.00 bits per heavy atom. The number of hydrogen-bond acceptors (Lipinski definition) is 3. The highest BCUT2D eigenvalue weighted by molar-refractivity contribution is 5.78. The molecule has 7 heteroatoms. The summed E-state index contributed by atoms with van der Waals surface area (Å²) in [5.74, 6) is 0.501. The van der Waals surface area contributed by atoms with Crippen molar-refractivity contribution in [3.63, 3.8) is 0 Å². The molecule has 21 heavy (non-hydrogen) atoms. The van der Waals surface area contributed by atoms with Crippen LogP contribution in [0, 0.1) is 0 Å². The van der Waals surface area contributed by atoms with Gasteiger partial charge in [0, 0.05) is 5.54 Å². The second-order valence-electron chi connectivity index (χ2n) is 5.44. The third-order valence-corrected chi connectivity index (χ3v) is 2.38. The van der Waals surface area contributed by atoms with Crippen LogP contribution in [0.3, 0.4) is 0 Å². The number of alkyl halides is 2. The van der Waals surface area contributed by atoms with Crippen LogP contribution in [0.4, 0.5) is 8.78 Å². The summed E-state index contributed by atoms with van der Waals surface area (Å²) in [7, 11) is 1.39. The van der Waals surface area contributed by atoms with Crippen LogP contribution in [0.5, 0.6) is 11.5 Å². The lowest BCUT2D eigenvalue weighted by molar-refractivity contribution is -0.0512. The van der Waals surface area contributed by atoms with Crippen LogP contribution >= 0.6 is 0 Å². The molecule has 0 aliphatic heterocycles. The van der Waals surface area contributed by atoms with Gasteiger partial charge >= 0.3 is 6.61 Å². The van der Waals surface area contributed by atoms with Gasteiger partial charge in [-0.25, -0.2) is 4.99 Å². The van der Waals surface area contributed by atoms with Crippen molar-refractivity contribution in [1.82, 2.24) is 5.32 Å². The Balaban J connectivity index is 2.82. The molecule has 0 heterocycles. The first-order chi connectivity index (χ1) is 9.71. The van der Waals surface area contributed by atoms with Gasteiger partial charge in [-0.1, -0.05) is 6.07 Å². The van der Waals surface area contributed by atoms with Crippen molar-refractivity contribution in [3.8, 4) is 11.5 Å². The lowest BCUT2D eigenvalue weighted by Gasteiger charge is -2.21. The van der Waals surface area contributed by atoms with E-state index in [0.29, 0.717) is 5.56 Å². The number of rotatable bonds is 5. The van der Waals surface area contributed by atoms with E-state index in [-0.39, 0.29) is 29.5 Å². The molecule has 0 aliphatic rings. The number of aliphatic imine (C=N–C) groups is 1. The number of benzene rings is 1. The zero-order valence-corrected chi connectivity index (χ0v) is 12.6. The molecule has 0 saturated heterocycles. The third kappa shape index (κ3) is 6.29. The van der Waals surface area contributed by atoms with E-state index in [9.17, 15) is 8.78 Å². The van der Waals surface area contributed by atoms with Gasteiger partial charge in [0.2, 0.25) is 0 Å². The van der Waals surface area contributed by atoms with E-state index in [1.807, 2.05) is 20.8 Å². The molecule has 0 fully saturated rings. The molecule has 0 bridgehead atoms. The fourth-order valence-corrected chi connectivity index (χ4v) is 1.61. The second-order valence-corrected chi connectivity index (χ2v) is 5.44. The Labute approximate surface area is 123 Å². The number of hydrogen-bond donors (Lipinski definition) is 2. The molecule has 0 spiro atoms. The van der Waals surface area contributed by atoms with Gasteiger partial charge in [0.25, 0.3) is 0 Å². The van der Waals surface area contributed by atoms with Crippen LogP contribution in [0.1, 0.15) is 26.3 Å². The Bertz CT molecular complexity index is 499. The van der Waals surface area contributed by atoms with Crippen molar-refractivity contribution in [3.05, 3.63) is 23.8 Å². The lowest BCUT2D eigenvalue weighted by Crippen LogP contribution is -2.44. The van der Waals surface area contributed by atoms with Crippen LogP contribution < -0.4 is 20.5 Å². The molecule has 1 aromatic rings. The van der Waals surface area contributed by atoms with Crippen molar-refractivity contribution in [1.29, 1.82) is 0 Å².